The molecule has 0 aliphatic carbocycles. The number of carbonyl (C=O) groups excluding carboxylic acids is 1. The lowest BCUT2D eigenvalue weighted by atomic mass is 10.1. The molecule has 0 radical (unpaired) electrons. The van der Waals surface area contributed by atoms with Crippen molar-refractivity contribution in [2.45, 2.75) is 25.9 Å². The van der Waals surface area contributed by atoms with Crippen molar-refractivity contribution in [3.05, 3.63) is 87.1 Å². The number of rotatable bonds is 8. The molecule has 0 spiro atoms. The SMILES string of the molecule is NC(=O)c1ccc(CN2CCc3cc(CNCCc4cccs4)ccc32)cc1. The van der Waals surface area contributed by atoms with Gasteiger partial charge in [0.15, 0.2) is 0 Å². The first-order chi connectivity index (χ1) is 13.7. The zero-order chi connectivity index (χ0) is 19.3. The fourth-order valence-electron chi connectivity index (χ4n) is 3.69. The van der Waals surface area contributed by atoms with Crippen LogP contribution in [-0.4, -0.2) is 19.0 Å². The van der Waals surface area contributed by atoms with Gasteiger partial charge in [0.25, 0.3) is 0 Å². The summed E-state index contributed by atoms with van der Waals surface area (Å²) in [6, 6.07) is 18.7. The number of nitrogens with zero attached hydrogens (tertiary/aromatic N) is 1. The van der Waals surface area contributed by atoms with Gasteiger partial charge in [-0.3, -0.25) is 4.79 Å². The number of primary amides is 1. The van der Waals surface area contributed by atoms with Crippen LogP contribution in [0.25, 0.3) is 0 Å². The van der Waals surface area contributed by atoms with Crippen molar-refractivity contribution in [1.82, 2.24) is 5.32 Å². The Bertz CT molecular complexity index is 935. The van der Waals surface area contributed by atoms with Crippen molar-refractivity contribution in [2.24, 2.45) is 5.73 Å². The van der Waals surface area contributed by atoms with Gasteiger partial charge in [-0.25, -0.2) is 0 Å². The lowest BCUT2D eigenvalue weighted by molar-refractivity contribution is 0.100. The van der Waals surface area contributed by atoms with E-state index in [9.17, 15) is 4.79 Å². The third-order valence-electron chi connectivity index (χ3n) is 5.20. The van der Waals surface area contributed by atoms with Crippen LogP contribution in [-0.2, 0) is 25.9 Å². The number of amides is 1. The van der Waals surface area contributed by atoms with Crippen LogP contribution in [0.4, 0.5) is 5.69 Å². The Morgan fingerprint density at radius 2 is 1.93 bits per heavy atom. The molecule has 3 aromatic rings. The molecule has 0 unspecified atom stereocenters. The van der Waals surface area contributed by atoms with Crippen LogP contribution in [0.1, 0.15) is 31.9 Å². The minimum Gasteiger partial charge on any atom is -0.367 e. The molecule has 3 N–H and O–H groups in total. The highest BCUT2D eigenvalue weighted by atomic mass is 32.1. The predicted molar refractivity (Wildman–Crippen MR) is 116 cm³/mol. The lowest BCUT2D eigenvalue weighted by Gasteiger charge is -2.20. The first-order valence-electron chi connectivity index (χ1n) is 9.67. The fourth-order valence-corrected chi connectivity index (χ4v) is 4.40. The summed E-state index contributed by atoms with van der Waals surface area (Å²) in [7, 11) is 0. The quantitative estimate of drug-likeness (QED) is 0.575. The minimum atomic E-state index is -0.380. The standard InChI is InChI=1S/C23H25N3OS/c24-23(27)19-6-3-17(4-7-19)16-26-12-10-20-14-18(5-8-22(20)26)15-25-11-9-21-2-1-13-28-21/h1-8,13-14,25H,9-12,15-16H2,(H2,24,27). The van der Waals surface area contributed by atoms with E-state index in [4.69, 9.17) is 5.73 Å². The van der Waals surface area contributed by atoms with E-state index >= 15 is 0 Å². The average Bonchev–Trinajstić information content (AvgIpc) is 3.36. The Labute approximate surface area is 170 Å². The van der Waals surface area contributed by atoms with Crippen LogP contribution in [0.2, 0.25) is 0 Å². The van der Waals surface area contributed by atoms with Gasteiger partial charge in [0.1, 0.15) is 0 Å². The van der Waals surface area contributed by atoms with Crippen LogP contribution < -0.4 is 16.0 Å². The molecule has 0 saturated heterocycles. The van der Waals surface area contributed by atoms with E-state index in [0.717, 1.165) is 39.0 Å². The highest BCUT2D eigenvalue weighted by Crippen LogP contribution is 2.30. The number of anilines is 1. The molecule has 1 aromatic heterocycles. The van der Waals surface area contributed by atoms with Gasteiger partial charge in [0.05, 0.1) is 0 Å². The first kappa shape index (κ1) is 18.7. The summed E-state index contributed by atoms with van der Waals surface area (Å²) in [4.78, 5) is 15.1. The second-order valence-corrected chi connectivity index (χ2v) is 8.23. The normalized spacial score (nSPS) is 12.9. The van der Waals surface area contributed by atoms with Crippen LogP contribution in [0, 0.1) is 0 Å². The number of carbonyl (C=O) groups is 1. The molecule has 0 fully saturated rings. The third-order valence-corrected chi connectivity index (χ3v) is 6.14. The molecule has 4 rings (SSSR count). The van der Waals surface area contributed by atoms with Crippen molar-refractivity contribution < 1.29 is 4.79 Å². The summed E-state index contributed by atoms with van der Waals surface area (Å²) in [6.45, 7) is 3.80. The smallest absolute Gasteiger partial charge is 0.248 e. The van der Waals surface area contributed by atoms with Crippen LogP contribution in [0.5, 0.6) is 0 Å². The van der Waals surface area contributed by atoms with Crippen molar-refractivity contribution in [3.8, 4) is 0 Å². The molecule has 1 amide bonds. The Morgan fingerprint density at radius 3 is 2.68 bits per heavy atom. The fraction of sp³-hybridized carbons (Fsp3) is 0.261. The van der Waals surface area contributed by atoms with Gasteiger partial charge < -0.3 is 16.0 Å². The number of thiophene rings is 1. The third kappa shape index (κ3) is 4.43. The zero-order valence-corrected chi connectivity index (χ0v) is 16.7. The molecule has 0 atom stereocenters. The summed E-state index contributed by atoms with van der Waals surface area (Å²) < 4.78 is 0. The van der Waals surface area contributed by atoms with Gasteiger partial charge in [-0.05, 0) is 59.2 Å². The number of nitrogens with two attached hydrogens (primary N) is 1. The summed E-state index contributed by atoms with van der Waals surface area (Å²) in [6.07, 6.45) is 2.17. The van der Waals surface area contributed by atoms with E-state index in [-0.39, 0.29) is 5.91 Å². The maximum Gasteiger partial charge on any atom is 0.248 e. The molecular formula is C23H25N3OS. The molecule has 2 aromatic carbocycles. The van der Waals surface area contributed by atoms with Crippen LogP contribution in [0.3, 0.4) is 0 Å². The second-order valence-electron chi connectivity index (χ2n) is 7.20. The Hall–Kier alpha value is -2.63. The molecule has 28 heavy (non-hydrogen) atoms. The topological polar surface area (TPSA) is 58.4 Å². The van der Waals surface area contributed by atoms with Gasteiger partial charge in [0, 0.05) is 42.3 Å². The maximum absolute atomic E-state index is 11.2. The summed E-state index contributed by atoms with van der Waals surface area (Å²) in [5.41, 5.74) is 11.2. The molecule has 1 aliphatic rings. The first-order valence-corrected chi connectivity index (χ1v) is 10.6. The maximum atomic E-state index is 11.2. The average molecular weight is 392 g/mol. The number of nitrogens with one attached hydrogen (secondary N) is 1. The molecule has 0 saturated carbocycles. The van der Waals surface area contributed by atoms with Crippen LogP contribution in [0.15, 0.2) is 60.0 Å². The molecule has 144 valence electrons. The highest BCUT2D eigenvalue weighted by Gasteiger charge is 2.19. The van der Waals surface area contributed by atoms with Crippen LogP contribution >= 0.6 is 11.3 Å². The van der Waals surface area contributed by atoms with Gasteiger partial charge >= 0.3 is 0 Å². The molecule has 0 bridgehead atoms. The molecule has 1 aliphatic heterocycles. The highest BCUT2D eigenvalue weighted by molar-refractivity contribution is 7.09. The van der Waals surface area contributed by atoms with Crippen molar-refractivity contribution in [3.63, 3.8) is 0 Å². The largest absolute Gasteiger partial charge is 0.367 e. The van der Waals surface area contributed by atoms with Crippen molar-refractivity contribution in [1.29, 1.82) is 0 Å². The zero-order valence-electron chi connectivity index (χ0n) is 15.9. The number of fused-ring (bicyclic) bond motifs is 1. The van der Waals surface area contributed by atoms with E-state index in [2.05, 4.69) is 45.9 Å². The number of benzene rings is 2. The second kappa shape index (κ2) is 8.59. The van der Waals surface area contributed by atoms with Gasteiger partial charge in [-0.1, -0.05) is 30.3 Å². The van der Waals surface area contributed by atoms with E-state index in [1.807, 2.05) is 23.5 Å². The Kier molecular flexibility index (Phi) is 5.74. The summed E-state index contributed by atoms with van der Waals surface area (Å²) in [5.74, 6) is -0.380. The lowest BCUT2D eigenvalue weighted by Crippen LogP contribution is -2.20. The Balaban J connectivity index is 1.33. The van der Waals surface area contributed by atoms with E-state index < -0.39 is 0 Å². The number of hydrogen-bond acceptors (Lipinski definition) is 4. The monoisotopic (exact) mass is 391 g/mol. The number of hydrogen-bond donors (Lipinski definition) is 2. The summed E-state index contributed by atoms with van der Waals surface area (Å²) in [5, 5.41) is 5.68. The van der Waals surface area contributed by atoms with Gasteiger partial charge in [-0.2, -0.15) is 0 Å². The molecular weight excluding hydrogens is 366 g/mol. The van der Waals surface area contributed by atoms with E-state index in [1.165, 1.54) is 27.3 Å². The summed E-state index contributed by atoms with van der Waals surface area (Å²) >= 11 is 1.82. The molecule has 4 nitrogen and oxygen atoms in total. The van der Waals surface area contributed by atoms with E-state index in [0.29, 0.717) is 5.56 Å². The van der Waals surface area contributed by atoms with Gasteiger partial charge in [0.2, 0.25) is 5.91 Å². The van der Waals surface area contributed by atoms with Crippen molar-refractivity contribution in [2.75, 3.05) is 18.0 Å². The minimum absolute atomic E-state index is 0.380. The van der Waals surface area contributed by atoms with Gasteiger partial charge in [-0.15, -0.1) is 11.3 Å². The Morgan fingerprint density at radius 1 is 1.11 bits per heavy atom. The van der Waals surface area contributed by atoms with Crippen molar-refractivity contribution >= 4 is 22.9 Å². The molecule has 5 heteroatoms. The molecule has 2 heterocycles. The van der Waals surface area contributed by atoms with E-state index in [1.54, 1.807) is 12.1 Å². The predicted octanol–water partition coefficient (Wildman–Crippen LogP) is 3.74.